The van der Waals surface area contributed by atoms with E-state index in [0.717, 1.165) is 44.6 Å². The van der Waals surface area contributed by atoms with Gasteiger partial charge in [-0.25, -0.2) is 9.97 Å². The number of nitrogens with zero attached hydrogens (tertiary/aromatic N) is 3. The van der Waals surface area contributed by atoms with Gasteiger partial charge in [-0.1, -0.05) is 141 Å². The second-order valence-corrected chi connectivity index (χ2v) is 13.3. The van der Waals surface area contributed by atoms with Gasteiger partial charge in [-0.2, -0.15) is 0 Å². The van der Waals surface area contributed by atoms with E-state index < -0.39 is 0 Å². The topological polar surface area (TPSA) is 38.7 Å². The van der Waals surface area contributed by atoms with E-state index in [1.807, 2.05) is 18.3 Å². The molecular weight excluding hydrogens is 595 g/mol. The van der Waals surface area contributed by atoms with E-state index in [2.05, 4.69) is 158 Å². The van der Waals surface area contributed by atoms with Gasteiger partial charge in [0.1, 0.15) is 0 Å². The molecule has 0 radical (unpaired) electrons. The van der Waals surface area contributed by atoms with Crippen LogP contribution in [0.2, 0.25) is 0 Å². The first-order valence-electron chi connectivity index (χ1n) is 16.8. The third-order valence-corrected chi connectivity index (χ3v) is 10.0. The number of rotatable bonds is 5. The molecule has 3 heteroatoms. The minimum absolute atomic E-state index is 0.0614. The summed E-state index contributed by atoms with van der Waals surface area (Å²) in [5.74, 6) is 0.704. The lowest BCUT2D eigenvalue weighted by atomic mass is 9.81. The fourth-order valence-electron chi connectivity index (χ4n) is 7.57. The van der Waals surface area contributed by atoms with Crippen molar-refractivity contribution in [3.63, 3.8) is 0 Å². The molecule has 0 unspecified atom stereocenters. The first-order valence-corrected chi connectivity index (χ1v) is 16.8. The predicted molar refractivity (Wildman–Crippen MR) is 202 cm³/mol. The van der Waals surface area contributed by atoms with Gasteiger partial charge in [-0.05, 0) is 74.0 Å². The molecule has 232 valence electrons. The van der Waals surface area contributed by atoms with E-state index in [0.29, 0.717) is 5.82 Å². The summed E-state index contributed by atoms with van der Waals surface area (Å²) < 4.78 is 0. The third kappa shape index (κ3) is 4.86. The van der Waals surface area contributed by atoms with Gasteiger partial charge in [-0.15, -0.1) is 0 Å². The lowest BCUT2D eigenvalue weighted by Crippen LogP contribution is -2.14. The van der Waals surface area contributed by atoms with Gasteiger partial charge in [-0.3, -0.25) is 4.98 Å². The van der Waals surface area contributed by atoms with E-state index in [1.165, 1.54) is 38.8 Å². The van der Waals surface area contributed by atoms with Crippen molar-refractivity contribution in [2.45, 2.75) is 19.3 Å². The maximum Gasteiger partial charge on any atom is 0.161 e. The monoisotopic (exact) mass is 627 g/mol. The molecule has 0 N–H and O–H groups in total. The molecular formula is C46H33N3. The van der Waals surface area contributed by atoms with Crippen LogP contribution in [0.25, 0.3) is 78.1 Å². The van der Waals surface area contributed by atoms with E-state index in [-0.39, 0.29) is 5.41 Å². The van der Waals surface area contributed by atoms with Crippen LogP contribution in [0.3, 0.4) is 0 Å². The predicted octanol–water partition coefficient (Wildman–Crippen LogP) is 11.7. The van der Waals surface area contributed by atoms with Gasteiger partial charge in [0.2, 0.25) is 0 Å². The summed E-state index contributed by atoms with van der Waals surface area (Å²) in [6.07, 6.45) is 3.70. The Morgan fingerprint density at radius 3 is 1.86 bits per heavy atom. The molecule has 6 aromatic carbocycles. The SMILES string of the molecule is CC1(C)c2ccccc2-c2c(-c3ccc(-c4nc(-c5ccccc5)cc(-c5cccc(-c6cccnc6)c5)n4)c4ccccc34)cccc21. The van der Waals surface area contributed by atoms with E-state index >= 15 is 0 Å². The third-order valence-electron chi connectivity index (χ3n) is 10.0. The Bertz CT molecular complexity index is 2520. The molecule has 0 saturated heterocycles. The molecule has 1 aliphatic rings. The molecule has 49 heavy (non-hydrogen) atoms. The van der Waals surface area contributed by atoms with Crippen molar-refractivity contribution in [2.75, 3.05) is 0 Å². The zero-order valence-electron chi connectivity index (χ0n) is 27.4. The summed E-state index contributed by atoms with van der Waals surface area (Å²) in [4.78, 5) is 14.8. The van der Waals surface area contributed by atoms with Crippen LogP contribution in [0.15, 0.2) is 164 Å². The van der Waals surface area contributed by atoms with E-state index in [4.69, 9.17) is 9.97 Å². The Hall–Kier alpha value is -6.19. The van der Waals surface area contributed by atoms with Gasteiger partial charge < -0.3 is 0 Å². The standard InChI is InChI=1S/C46H33N3/c1-46(2)40-22-9-8-20-39(40)44-37(21-11-23-41(44)46)36-24-25-38(35-19-7-6-18-34(35)36)45-48-42(30-13-4-3-5-14-30)28-43(49-45)32-16-10-15-31(27-32)33-17-12-26-47-29-33/h3-29H,1-2H3. The minimum Gasteiger partial charge on any atom is -0.264 e. The van der Waals surface area contributed by atoms with Gasteiger partial charge in [0.15, 0.2) is 5.82 Å². The zero-order chi connectivity index (χ0) is 33.0. The highest BCUT2D eigenvalue weighted by Crippen LogP contribution is 2.52. The van der Waals surface area contributed by atoms with Crippen molar-refractivity contribution >= 4 is 10.8 Å². The van der Waals surface area contributed by atoms with Crippen LogP contribution in [0.5, 0.6) is 0 Å². The van der Waals surface area contributed by atoms with Crippen LogP contribution in [0, 0.1) is 0 Å². The molecule has 0 fully saturated rings. The van der Waals surface area contributed by atoms with Gasteiger partial charge in [0.25, 0.3) is 0 Å². The van der Waals surface area contributed by atoms with E-state index in [9.17, 15) is 0 Å². The smallest absolute Gasteiger partial charge is 0.161 e. The van der Waals surface area contributed by atoms with Crippen molar-refractivity contribution in [1.82, 2.24) is 15.0 Å². The molecule has 0 spiro atoms. The summed E-state index contributed by atoms with van der Waals surface area (Å²) in [5, 5.41) is 2.31. The van der Waals surface area contributed by atoms with Gasteiger partial charge in [0, 0.05) is 40.1 Å². The molecule has 9 rings (SSSR count). The number of hydrogen-bond acceptors (Lipinski definition) is 3. The summed E-state index contributed by atoms with van der Waals surface area (Å²) in [7, 11) is 0. The van der Waals surface area contributed by atoms with Crippen LogP contribution in [-0.2, 0) is 5.41 Å². The fourth-order valence-corrected chi connectivity index (χ4v) is 7.57. The maximum atomic E-state index is 5.27. The molecule has 0 atom stereocenters. The van der Waals surface area contributed by atoms with Crippen LogP contribution < -0.4 is 0 Å². The Kier molecular flexibility index (Phi) is 6.80. The molecule has 0 saturated carbocycles. The molecule has 2 heterocycles. The second kappa shape index (κ2) is 11.5. The molecule has 0 aliphatic heterocycles. The average Bonchev–Trinajstić information content (AvgIpc) is 3.41. The fraction of sp³-hybridized carbons (Fsp3) is 0.0652. The van der Waals surface area contributed by atoms with Crippen molar-refractivity contribution in [2.24, 2.45) is 0 Å². The highest BCUT2D eigenvalue weighted by molar-refractivity contribution is 6.07. The summed E-state index contributed by atoms with van der Waals surface area (Å²) in [5.41, 5.74) is 14.8. The highest BCUT2D eigenvalue weighted by Gasteiger charge is 2.36. The Balaban J connectivity index is 1.24. The lowest BCUT2D eigenvalue weighted by molar-refractivity contribution is 0.660. The largest absolute Gasteiger partial charge is 0.264 e. The molecule has 3 nitrogen and oxygen atoms in total. The number of aromatic nitrogens is 3. The quantitative estimate of drug-likeness (QED) is 0.191. The first kappa shape index (κ1) is 29.0. The van der Waals surface area contributed by atoms with Gasteiger partial charge >= 0.3 is 0 Å². The van der Waals surface area contributed by atoms with Crippen molar-refractivity contribution in [3.05, 3.63) is 175 Å². The average molecular weight is 628 g/mol. The summed E-state index contributed by atoms with van der Waals surface area (Å²) in [6.45, 7) is 4.67. The molecule has 0 amide bonds. The number of pyridine rings is 1. The molecule has 8 aromatic rings. The normalized spacial score (nSPS) is 12.9. The van der Waals surface area contributed by atoms with Crippen molar-refractivity contribution in [1.29, 1.82) is 0 Å². The summed E-state index contributed by atoms with van der Waals surface area (Å²) in [6, 6.07) is 53.9. The number of hydrogen-bond donors (Lipinski definition) is 0. The van der Waals surface area contributed by atoms with E-state index in [1.54, 1.807) is 6.20 Å². The lowest BCUT2D eigenvalue weighted by Gasteiger charge is -2.21. The Morgan fingerprint density at radius 2 is 1.04 bits per heavy atom. The molecule has 2 aromatic heterocycles. The van der Waals surface area contributed by atoms with Crippen LogP contribution in [0.1, 0.15) is 25.0 Å². The second-order valence-electron chi connectivity index (χ2n) is 13.3. The highest BCUT2D eigenvalue weighted by atomic mass is 14.9. The van der Waals surface area contributed by atoms with Crippen LogP contribution in [-0.4, -0.2) is 15.0 Å². The van der Waals surface area contributed by atoms with Gasteiger partial charge in [0.05, 0.1) is 11.4 Å². The maximum absolute atomic E-state index is 5.27. The summed E-state index contributed by atoms with van der Waals surface area (Å²) >= 11 is 0. The first-order chi connectivity index (χ1) is 24.1. The van der Waals surface area contributed by atoms with Crippen molar-refractivity contribution in [3.8, 4) is 67.3 Å². The zero-order valence-corrected chi connectivity index (χ0v) is 27.4. The molecule has 1 aliphatic carbocycles. The minimum atomic E-state index is -0.0614. The Labute approximate surface area is 286 Å². The van der Waals surface area contributed by atoms with Crippen LogP contribution in [0.4, 0.5) is 0 Å². The van der Waals surface area contributed by atoms with Crippen LogP contribution >= 0.6 is 0 Å². The van der Waals surface area contributed by atoms with Crippen molar-refractivity contribution < 1.29 is 0 Å². The number of benzene rings is 6. The Morgan fingerprint density at radius 1 is 0.429 bits per heavy atom. The molecule has 0 bridgehead atoms. The number of fused-ring (bicyclic) bond motifs is 4.